The van der Waals surface area contributed by atoms with E-state index in [1.165, 1.54) is 44.1 Å². The van der Waals surface area contributed by atoms with Gasteiger partial charge in [0.1, 0.15) is 5.75 Å². The predicted octanol–water partition coefficient (Wildman–Crippen LogP) is 4.94. The fraction of sp³-hybridized carbons (Fsp3) is 0.174. The van der Waals surface area contributed by atoms with Gasteiger partial charge in [-0.1, -0.05) is 50.2 Å². The molecule has 3 aromatic carbocycles. The zero-order valence-corrected chi connectivity index (χ0v) is 14.3. The quantitative estimate of drug-likeness (QED) is 0.330. The Kier molecular flexibility index (Phi) is 2.26. The first-order valence-corrected chi connectivity index (χ1v) is 8.82. The fourth-order valence-corrected chi connectivity index (χ4v) is 4.74. The van der Waals surface area contributed by atoms with Crippen LogP contribution in [0.3, 0.4) is 0 Å². The zero-order chi connectivity index (χ0) is 16.8. The molecule has 0 spiro atoms. The summed E-state index contributed by atoms with van der Waals surface area (Å²) >= 11 is 0. The lowest BCUT2D eigenvalue weighted by atomic mass is 9.82. The first kappa shape index (κ1) is 13.4. The molecule has 120 valence electrons. The Labute approximate surface area is 146 Å². The van der Waals surface area contributed by atoms with Crippen LogP contribution in [0.4, 0.5) is 0 Å². The van der Waals surface area contributed by atoms with Crippen LogP contribution in [0, 0.1) is 0 Å². The summed E-state index contributed by atoms with van der Waals surface area (Å²) < 4.78 is 8.56. The molecule has 2 nitrogen and oxygen atoms in total. The van der Waals surface area contributed by atoms with Crippen molar-refractivity contribution >= 4 is 21.7 Å². The molecule has 0 saturated carbocycles. The van der Waals surface area contributed by atoms with E-state index in [2.05, 4.69) is 79.1 Å². The monoisotopic (exact) mass is 324 g/mol. The highest BCUT2D eigenvalue weighted by molar-refractivity contribution is 6.04. The molecule has 0 radical (unpaired) electrons. The minimum atomic E-state index is -0.00401. The molecule has 2 heteroatoms. The smallest absolute Gasteiger partial charge is 0.293 e. The van der Waals surface area contributed by atoms with Gasteiger partial charge in [0.2, 0.25) is 11.2 Å². The summed E-state index contributed by atoms with van der Waals surface area (Å²) in [6, 6.07) is 22.0. The van der Waals surface area contributed by atoms with E-state index in [1.807, 2.05) is 0 Å². The second-order valence-corrected chi connectivity index (χ2v) is 7.64. The van der Waals surface area contributed by atoms with Gasteiger partial charge in [0.05, 0.1) is 10.9 Å². The van der Waals surface area contributed by atoms with Gasteiger partial charge in [-0.3, -0.25) is 0 Å². The van der Waals surface area contributed by atoms with Gasteiger partial charge in [0.25, 0.3) is 6.73 Å². The van der Waals surface area contributed by atoms with Crippen molar-refractivity contribution in [3.05, 3.63) is 71.8 Å². The Bertz CT molecular complexity index is 1220. The van der Waals surface area contributed by atoms with Gasteiger partial charge in [0, 0.05) is 16.4 Å². The molecule has 2 heterocycles. The number of fused-ring (bicyclic) bond motifs is 4. The van der Waals surface area contributed by atoms with Crippen LogP contribution in [0.5, 0.6) is 5.75 Å². The molecule has 1 aromatic heterocycles. The second kappa shape index (κ2) is 4.20. The molecule has 0 saturated heterocycles. The minimum absolute atomic E-state index is 0.00401. The molecule has 25 heavy (non-hydrogen) atoms. The molecule has 0 bridgehead atoms. The van der Waals surface area contributed by atoms with Crippen LogP contribution in [-0.2, 0) is 12.1 Å². The molecule has 6 rings (SSSR count). The van der Waals surface area contributed by atoms with E-state index in [4.69, 9.17) is 4.74 Å². The summed E-state index contributed by atoms with van der Waals surface area (Å²) in [5.74, 6) is 1.02. The van der Waals surface area contributed by atoms with Crippen LogP contribution in [0.15, 0.2) is 60.7 Å². The molecular formula is C23H18NO+. The minimum Gasteiger partial charge on any atom is -0.435 e. The number of ether oxygens (including phenoxy) is 1. The third-order valence-electron chi connectivity index (χ3n) is 5.99. The Morgan fingerprint density at radius 3 is 2.64 bits per heavy atom. The third-order valence-corrected chi connectivity index (χ3v) is 5.99. The Morgan fingerprint density at radius 1 is 0.880 bits per heavy atom. The van der Waals surface area contributed by atoms with E-state index in [-0.39, 0.29) is 5.41 Å². The van der Waals surface area contributed by atoms with Crippen LogP contribution in [0.25, 0.3) is 32.9 Å². The van der Waals surface area contributed by atoms with Crippen molar-refractivity contribution in [3.8, 4) is 17.0 Å². The van der Waals surface area contributed by atoms with Crippen LogP contribution < -0.4 is 9.30 Å². The summed E-state index contributed by atoms with van der Waals surface area (Å²) in [4.78, 5) is 0. The van der Waals surface area contributed by atoms with Crippen LogP contribution in [0.1, 0.15) is 25.0 Å². The lowest BCUT2D eigenvalue weighted by Crippen LogP contribution is -2.43. The maximum absolute atomic E-state index is 6.18. The molecule has 0 atom stereocenters. The summed E-state index contributed by atoms with van der Waals surface area (Å²) in [5, 5.41) is 3.84. The SMILES string of the molecule is CC1(C)c2cccc3c2-c2c1cc1ccc4ccccc4c1[n+]2CO3. The van der Waals surface area contributed by atoms with Crippen molar-refractivity contribution in [3.63, 3.8) is 0 Å². The predicted molar refractivity (Wildman–Crippen MR) is 99.8 cm³/mol. The average Bonchev–Trinajstić information content (AvgIpc) is 2.88. The topological polar surface area (TPSA) is 13.1 Å². The van der Waals surface area contributed by atoms with Crippen LogP contribution in [0.2, 0.25) is 0 Å². The normalized spacial score (nSPS) is 16.1. The summed E-state index contributed by atoms with van der Waals surface area (Å²) in [6.45, 7) is 5.22. The lowest BCUT2D eigenvalue weighted by Gasteiger charge is -2.19. The van der Waals surface area contributed by atoms with Gasteiger partial charge in [-0.15, -0.1) is 0 Å². The van der Waals surface area contributed by atoms with E-state index in [1.54, 1.807) is 0 Å². The zero-order valence-electron chi connectivity index (χ0n) is 14.3. The van der Waals surface area contributed by atoms with Crippen molar-refractivity contribution in [2.24, 2.45) is 0 Å². The number of pyridine rings is 1. The standard InChI is InChI=1S/C23H18NO/c1-23(2)17-8-5-9-19-20(17)22-18(23)12-15-11-10-14-6-3-4-7-16(14)21(15)24(22)13-25-19/h3-12H,13H2,1-2H3/q+1. The summed E-state index contributed by atoms with van der Waals surface area (Å²) in [6.07, 6.45) is 0. The van der Waals surface area contributed by atoms with E-state index in [0.29, 0.717) is 6.73 Å². The third kappa shape index (κ3) is 1.49. The largest absolute Gasteiger partial charge is 0.435 e. The number of hydrogen-bond donors (Lipinski definition) is 0. The van der Waals surface area contributed by atoms with Crippen molar-refractivity contribution in [1.29, 1.82) is 0 Å². The van der Waals surface area contributed by atoms with Gasteiger partial charge < -0.3 is 4.74 Å². The highest BCUT2D eigenvalue weighted by Gasteiger charge is 2.46. The maximum Gasteiger partial charge on any atom is 0.293 e. The number of rotatable bonds is 0. The first-order chi connectivity index (χ1) is 12.2. The molecule has 0 N–H and O–H groups in total. The Hall–Kier alpha value is -2.87. The number of nitrogens with zero attached hydrogens (tertiary/aromatic N) is 1. The summed E-state index contributed by atoms with van der Waals surface area (Å²) in [7, 11) is 0. The highest BCUT2D eigenvalue weighted by atomic mass is 16.5. The molecule has 1 aliphatic heterocycles. The maximum atomic E-state index is 6.18. The van der Waals surface area contributed by atoms with Crippen molar-refractivity contribution in [1.82, 2.24) is 0 Å². The van der Waals surface area contributed by atoms with E-state index >= 15 is 0 Å². The molecule has 0 unspecified atom stereocenters. The second-order valence-electron chi connectivity index (χ2n) is 7.64. The molecule has 0 fully saturated rings. The molecular weight excluding hydrogens is 306 g/mol. The van der Waals surface area contributed by atoms with Gasteiger partial charge in [-0.05, 0) is 35.2 Å². The van der Waals surface area contributed by atoms with Gasteiger partial charge in [0.15, 0.2) is 0 Å². The van der Waals surface area contributed by atoms with E-state index in [9.17, 15) is 0 Å². The van der Waals surface area contributed by atoms with Gasteiger partial charge in [-0.2, -0.15) is 4.57 Å². The number of aromatic nitrogens is 1. The van der Waals surface area contributed by atoms with E-state index < -0.39 is 0 Å². The number of benzene rings is 3. The van der Waals surface area contributed by atoms with Crippen LogP contribution >= 0.6 is 0 Å². The molecule has 2 aliphatic rings. The molecule has 0 amide bonds. The van der Waals surface area contributed by atoms with Crippen molar-refractivity contribution in [2.45, 2.75) is 26.0 Å². The van der Waals surface area contributed by atoms with Crippen molar-refractivity contribution in [2.75, 3.05) is 0 Å². The van der Waals surface area contributed by atoms with Gasteiger partial charge in [-0.25, -0.2) is 0 Å². The van der Waals surface area contributed by atoms with Crippen molar-refractivity contribution < 1.29 is 9.30 Å². The Morgan fingerprint density at radius 2 is 1.72 bits per heavy atom. The fourth-order valence-electron chi connectivity index (χ4n) is 4.74. The van der Waals surface area contributed by atoms with Crippen LogP contribution in [-0.4, -0.2) is 0 Å². The van der Waals surface area contributed by atoms with Gasteiger partial charge >= 0.3 is 0 Å². The molecule has 1 aliphatic carbocycles. The van der Waals surface area contributed by atoms with E-state index in [0.717, 1.165) is 5.75 Å². The lowest BCUT2D eigenvalue weighted by molar-refractivity contribution is -0.692. The summed E-state index contributed by atoms with van der Waals surface area (Å²) in [5.41, 5.74) is 6.66. The molecule has 4 aromatic rings. The number of hydrogen-bond acceptors (Lipinski definition) is 1. The highest BCUT2D eigenvalue weighted by Crippen LogP contribution is 2.52. The first-order valence-electron chi connectivity index (χ1n) is 8.82. The Balaban J connectivity index is 1.89. The average molecular weight is 324 g/mol.